The molecular weight excluding hydrogens is 282 g/mol. The van der Waals surface area contributed by atoms with Gasteiger partial charge in [-0.2, -0.15) is 0 Å². The van der Waals surface area contributed by atoms with Crippen LogP contribution >= 0.6 is 0 Å². The minimum Gasteiger partial charge on any atom is -0.469 e. The van der Waals surface area contributed by atoms with E-state index in [0.29, 0.717) is 25.9 Å². The van der Waals surface area contributed by atoms with Crippen molar-refractivity contribution in [3.05, 3.63) is 0 Å². The van der Waals surface area contributed by atoms with Gasteiger partial charge in [0, 0.05) is 13.1 Å². The number of rotatable bonds is 8. The third-order valence-corrected chi connectivity index (χ3v) is 5.43. The van der Waals surface area contributed by atoms with E-state index < -0.39 is 27.0 Å². The fourth-order valence-electron chi connectivity index (χ4n) is 2.30. The van der Waals surface area contributed by atoms with Crippen molar-refractivity contribution in [1.29, 1.82) is 0 Å². The molecule has 0 aromatic heterocycles. The first-order valence-electron chi connectivity index (χ1n) is 6.82. The average Bonchev–Trinajstić information content (AvgIpc) is 3.08. The van der Waals surface area contributed by atoms with Crippen LogP contribution in [0, 0.1) is 5.41 Å². The van der Waals surface area contributed by atoms with E-state index in [1.807, 2.05) is 13.8 Å². The van der Waals surface area contributed by atoms with Gasteiger partial charge in [0.1, 0.15) is 5.75 Å². The number of methoxy groups -OCH3 is 1. The molecule has 0 saturated heterocycles. The second-order valence-corrected chi connectivity index (χ2v) is 7.42. The van der Waals surface area contributed by atoms with Gasteiger partial charge in [-0.05, 0) is 32.1 Å². The van der Waals surface area contributed by atoms with Gasteiger partial charge in [-0.25, -0.2) is 8.42 Å². The fraction of sp³-hybridized carbons (Fsp3) is 0.846. The van der Waals surface area contributed by atoms with Crippen LogP contribution < -0.4 is 0 Å². The first-order chi connectivity index (χ1) is 9.27. The van der Waals surface area contributed by atoms with Gasteiger partial charge in [-0.3, -0.25) is 9.59 Å². The monoisotopic (exact) mass is 305 g/mol. The molecule has 0 spiro atoms. The number of carbonyl (C=O) groups is 2. The topological polar surface area (TPSA) is 80.8 Å². The van der Waals surface area contributed by atoms with Crippen molar-refractivity contribution in [3.63, 3.8) is 0 Å². The summed E-state index contributed by atoms with van der Waals surface area (Å²) in [5.74, 6) is -1.35. The van der Waals surface area contributed by atoms with Crippen molar-refractivity contribution in [3.8, 4) is 0 Å². The lowest BCUT2D eigenvalue weighted by Gasteiger charge is -2.19. The number of nitrogens with zero attached hydrogens (tertiary/aromatic N) is 1. The fourth-order valence-corrected chi connectivity index (χ4v) is 4.29. The lowest BCUT2D eigenvalue weighted by molar-refractivity contribution is -0.141. The van der Waals surface area contributed by atoms with E-state index >= 15 is 0 Å². The lowest BCUT2D eigenvalue weighted by atomic mass is 10.1. The van der Waals surface area contributed by atoms with Crippen LogP contribution in [-0.2, 0) is 24.2 Å². The van der Waals surface area contributed by atoms with Gasteiger partial charge in [0.2, 0.25) is 5.91 Å². The number of carbonyl (C=O) groups excluding carboxylic acids is 2. The quantitative estimate of drug-likeness (QED) is 0.614. The maximum atomic E-state index is 12.1. The van der Waals surface area contributed by atoms with Crippen LogP contribution in [0.4, 0.5) is 0 Å². The maximum absolute atomic E-state index is 12.1. The summed E-state index contributed by atoms with van der Waals surface area (Å²) in [7, 11) is -2.21. The third kappa shape index (κ3) is 4.77. The Hall–Kier alpha value is -1.11. The Kier molecular flexibility index (Phi) is 5.56. The molecular formula is C13H23NO5S. The first-order valence-corrected chi connectivity index (χ1v) is 8.64. The zero-order chi connectivity index (χ0) is 15.4. The van der Waals surface area contributed by atoms with Crippen molar-refractivity contribution in [2.24, 2.45) is 5.41 Å². The largest absolute Gasteiger partial charge is 0.469 e. The smallest absolute Gasteiger partial charge is 0.306 e. The molecule has 0 radical (unpaired) electrons. The molecule has 1 aliphatic carbocycles. The summed E-state index contributed by atoms with van der Waals surface area (Å²) in [4.78, 5) is 24.6. The standard InChI is InChI=1S/C13H23NO5S/c1-4-14(5-2)11(15)9-20(17,18)10-13(6-7-13)8-12(16)19-3/h4-10H2,1-3H3. The normalized spacial score (nSPS) is 16.6. The first kappa shape index (κ1) is 16.9. The third-order valence-electron chi connectivity index (χ3n) is 3.69. The van der Waals surface area contributed by atoms with Crippen molar-refractivity contribution < 1.29 is 22.7 Å². The van der Waals surface area contributed by atoms with Gasteiger partial charge >= 0.3 is 5.97 Å². The van der Waals surface area contributed by atoms with Crippen LogP contribution in [0.25, 0.3) is 0 Å². The van der Waals surface area contributed by atoms with Crippen molar-refractivity contribution in [1.82, 2.24) is 4.90 Å². The maximum Gasteiger partial charge on any atom is 0.306 e. The second-order valence-electron chi connectivity index (χ2n) is 5.35. The van der Waals surface area contributed by atoms with Crippen LogP contribution in [0.15, 0.2) is 0 Å². The highest BCUT2D eigenvalue weighted by atomic mass is 32.2. The van der Waals surface area contributed by atoms with Crippen LogP contribution in [0.1, 0.15) is 33.1 Å². The van der Waals surface area contributed by atoms with Crippen LogP contribution in [0.2, 0.25) is 0 Å². The van der Waals surface area contributed by atoms with Gasteiger partial charge < -0.3 is 9.64 Å². The lowest BCUT2D eigenvalue weighted by Crippen LogP contribution is -2.37. The van der Waals surface area contributed by atoms with Crippen molar-refractivity contribution in [2.45, 2.75) is 33.1 Å². The van der Waals surface area contributed by atoms with E-state index in [1.54, 1.807) is 0 Å². The van der Waals surface area contributed by atoms with E-state index in [2.05, 4.69) is 4.74 Å². The summed E-state index contributed by atoms with van der Waals surface area (Å²) in [5, 5.41) is 0. The predicted molar refractivity (Wildman–Crippen MR) is 74.9 cm³/mol. The average molecular weight is 305 g/mol. The molecule has 0 aromatic carbocycles. The summed E-state index contributed by atoms with van der Waals surface area (Å²) in [6.45, 7) is 4.62. The highest BCUT2D eigenvalue weighted by Crippen LogP contribution is 2.50. The van der Waals surface area contributed by atoms with Gasteiger partial charge in [-0.1, -0.05) is 0 Å². The molecule has 0 bridgehead atoms. The molecule has 1 rings (SSSR count). The Bertz CT molecular complexity index is 463. The molecule has 0 heterocycles. The molecule has 1 aliphatic rings. The molecule has 1 fully saturated rings. The Labute approximate surface area is 120 Å². The molecule has 0 atom stereocenters. The molecule has 116 valence electrons. The molecule has 20 heavy (non-hydrogen) atoms. The van der Waals surface area contributed by atoms with E-state index in [4.69, 9.17) is 0 Å². The zero-order valence-corrected chi connectivity index (χ0v) is 13.2. The summed E-state index contributed by atoms with van der Waals surface area (Å²) < 4.78 is 28.8. The molecule has 6 nitrogen and oxygen atoms in total. The number of hydrogen-bond donors (Lipinski definition) is 0. The van der Waals surface area contributed by atoms with Crippen molar-refractivity contribution in [2.75, 3.05) is 31.7 Å². The van der Waals surface area contributed by atoms with Gasteiger partial charge in [0.25, 0.3) is 0 Å². The summed E-state index contributed by atoms with van der Waals surface area (Å²) in [6, 6.07) is 0. The van der Waals surface area contributed by atoms with E-state index in [0.717, 1.165) is 0 Å². The van der Waals surface area contributed by atoms with E-state index in [-0.39, 0.29) is 18.1 Å². The minimum absolute atomic E-state index is 0.109. The number of amides is 1. The number of esters is 1. The highest BCUT2D eigenvalue weighted by Gasteiger charge is 2.48. The SMILES string of the molecule is CCN(CC)C(=O)CS(=O)(=O)CC1(CC(=O)OC)CC1. The summed E-state index contributed by atoms with van der Waals surface area (Å²) in [5.41, 5.74) is -0.504. The minimum atomic E-state index is -3.49. The van der Waals surface area contributed by atoms with Crippen LogP contribution in [-0.4, -0.2) is 56.9 Å². The summed E-state index contributed by atoms with van der Waals surface area (Å²) >= 11 is 0. The predicted octanol–water partition coefficient (Wildman–Crippen LogP) is 0.613. The zero-order valence-electron chi connectivity index (χ0n) is 12.3. The number of hydrogen-bond acceptors (Lipinski definition) is 5. The Balaban J connectivity index is 2.62. The Morgan fingerprint density at radius 1 is 1.20 bits per heavy atom. The van der Waals surface area contributed by atoms with E-state index in [1.165, 1.54) is 12.0 Å². The van der Waals surface area contributed by atoms with Crippen LogP contribution in [0.5, 0.6) is 0 Å². The van der Waals surface area contributed by atoms with Gasteiger partial charge in [0.05, 0.1) is 19.3 Å². The Morgan fingerprint density at radius 3 is 2.15 bits per heavy atom. The molecule has 7 heteroatoms. The van der Waals surface area contributed by atoms with Crippen molar-refractivity contribution >= 4 is 21.7 Å². The van der Waals surface area contributed by atoms with E-state index in [9.17, 15) is 18.0 Å². The van der Waals surface area contributed by atoms with Gasteiger partial charge in [0.15, 0.2) is 9.84 Å². The second kappa shape index (κ2) is 6.56. The molecule has 0 aromatic rings. The summed E-state index contributed by atoms with van der Waals surface area (Å²) in [6.07, 6.45) is 1.50. The molecule has 0 aliphatic heterocycles. The van der Waals surface area contributed by atoms with Gasteiger partial charge in [-0.15, -0.1) is 0 Å². The number of sulfone groups is 1. The molecule has 1 saturated carbocycles. The molecule has 0 N–H and O–H groups in total. The van der Waals surface area contributed by atoms with Crippen LogP contribution in [0.3, 0.4) is 0 Å². The number of ether oxygens (including phenoxy) is 1. The molecule has 1 amide bonds. The molecule has 0 unspecified atom stereocenters. The highest BCUT2D eigenvalue weighted by molar-refractivity contribution is 7.92. The Morgan fingerprint density at radius 2 is 1.75 bits per heavy atom.